The van der Waals surface area contributed by atoms with Crippen molar-refractivity contribution in [2.24, 2.45) is 0 Å². The van der Waals surface area contributed by atoms with Gasteiger partial charge < -0.3 is 10.4 Å². The van der Waals surface area contributed by atoms with Gasteiger partial charge >= 0.3 is 0 Å². The van der Waals surface area contributed by atoms with Crippen molar-refractivity contribution in [1.29, 1.82) is 0 Å². The molecule has 144 valence electrons. The van der Waals surface area contributed by atoms with Gasteiger partial charge in [-0.1, -0.05) is 12.1 Å². The zero-order valence-corrected chi connectivity index (χ0v) is 15.2. The van der Waals surface area contributed by atoms with E-state index in [0.717, 1.165) is 6.07 Å². The molecule has 0 atom stereocenters. The standard InChI is InChI=1S/C18H14N2O7S/c1-10-2-5-14(15(8-10)20(23)24)18(22)19-12-4-6-13-11(9-12)3-7-16(17(13)21)28(25,26)27/h2-9,21H,1H3,(H,19,22)(H,25,26,27). The van der Waals surface area contributed by atoms with Gasteiger partial charge in [-0.2, -0.15) is 8.42 Å². The number of carbonyl (C=O) groups excluding carboxylic acids is 1. The molecule has 3 aromatic carbocycles. The third-order valence-corrected chi connectivity index (χ3v) is 4.97. The highest BCUT2D eigenvalue weighted by atomic mass is 32.2. The maximum Gasteiger partial charge on any atom is 0.298 e. The van der Waals surface area contributed by atoms with E-state index in [4.69, 9.17) is 4.55 Å². The van der Waals surface area contributed by atoms with Crippen LogP contribution in [0.15, 0.2) is 53.4 Å². The molecule has 0 unspecified atom stereocenters. The molecule has 0 fully saturated rings. The maximum atomic E-state index is 12.5. The molecule has 3 rings (SSSR count). The number of nitro benzene ring substituents is 1. The number of hydrogen-bond acceptors (Lipinski definition) is 6. The number of benzene rings is 3. The molecule has 9 nitrogen and oxygen atoms in total. The van der Waals surface area contributed by atoms with Crippen LogP contribution in [0.4, 0.5) is 11.4 Å². The Morgan fingerprint density at radius 1 is 1.11 bits per heavy atom. The number of aromatic hydroxyl groups is 1. The van der Waals surface area contributed by atoms with Gasteiger partial charge in [0.05, 0.1) is 4.92 Å². The molecule has 0 aliphatic rings. The van der Waals surface area contributed by atoms with Crippen LogP contribution in [0.5, 0.6) is 5.75 Å². The highest BCUT2D eigenvalue weighted by Crippen LogP contribution is 2.33. The van der Waals surface area contributed by atoms with Crippen LogP contribution in [0.1, 0.15) is 15.9 Å². The van der Waals surface area contributed by atoms with Crippen molar-refractivity contribution < 1.29 is 27.8 Å². The molecular weight excluding hydrogens is 388 g/mol. The SMILES string of the molecule is Cc1ccc(C(=O)Nc2ccc3c(O)c(S(=O)(=O)O)ccc3c2)c([N+](=O)[O-])c1. The van der Waals surface area contributed by atoms with Crippen molar-refractivity contribution >= 4 is 38.2 Å². The average molecular weight is 402 g/mol. The molecule has 0 saturated heterocycles. The molecule has 0 bridgehead atoms. The minimum atomic E-state index is -4.59. The normalized spacial score (nSPS) is 11.4. The fourth-order valence-corrected chi connectivity index (χ4v) is 3.36. The number of fused-ring (bicyclic) bond motifs is 1. The average Bonchev–Trinajstić information content (AvgIpc) is 2.60. The van der Waals surface area contributed by atoms with Crippen molar-refractivity contribution in [3.63, 3.8) is 0 Å². The van der Waals surface area contributed by atoms with Gasteiger partial charge in [-0.05, 0) is 48.2 Å². The molecule has 1 amide bonds. The number of carbonyl (C=O) groups is 1. The van der Waals surface area contributed by atoms with Crippen LogP contribution in [0.25, 0.3) is 10.8 Å². The molecule has 0 spiro atoms. The lowest BCUT2D eigenvalue weighted by Gasteiger charge is -2.09. The summed E-state index contributed by atoms with van der Waals surface area (Å²) in [5.74, 6) is -1.31. The summed E-state index contributed by atoms with van der Waals surface area (Å²) in [5, 5.41) is 24.3. The first kappa shape index (κ1) is 19.3. The van der Waals surface area contributed by atoms with Gasteiger partial charge in [0.15, 0.2) is 0 Å². The summed E-state index contributed by atoms with van der Waals surface area (Å²) in [7, 11) is -4.59. The molecule has 3 aromatic rings. The van der Waals surface area contributed by atoms with E-state index < -0.39 is 31.6 Å². The molecule has 0 saturated carbocycles. The molecule has 0 radical (unpaired) electrons. The van der Waals surface area contributed by atoms with Crippen LogP contribution in [0.2, 0.25) is 0 Å². The van der Waals surface area contributed by atoms with Gasteiger partial charge in [0.1, 0.15) is 16.2 Å². The summed E-state index contributed by atoms with van der Waals surface area (Å²) in [6, 6.07) is 10.8. The van der Waals surface area contributed by atoms with E-state index in [1.54, 1.807) is 13.0 Å². The number of amides is 1. The Balaban J connectivity index is 1.98. The summed E-state index contributed by atoms with van der Waals surface area (Å²) < 4.78 is 31.6. The number of aryl methyl sites for hydroxylation is 1. The lowest BCUT2D eigenvalue weighted by Crippen LogP contribution is -2.14. The highest BCUT2D eigenvalue weighted by molar-refractivity contribution is 7.86. The molecule has 0 aliphatic carbocycles. The predicted octanol–water partition coefficient (Wildman–Crippen LogP) is 3.26. The topological polar surface area (TPSA) is 147 Å². The van der Waals surface area contributed by atoms with Crippen LogP contribution in [0.3, 0.4) is 0 Å². The largest absolute Gasteiger partial charge is 0.506 e. The predicted molar refractivity (Wildman–Crippen MR) is 101 cm³/mol. The molecule has 28 heavy (non-hydrogen) atoms. The van der Waals surface area contributed by atoms with E-state index >= 15 is 0 Å². The minimum absolute atomic E-state index is 0.111. The first-order valence-corrected chi connectivity index (χ1v) is 9.31. The second-order valence-electron chi connectivity index (χ2n) is 6.06. The quantitative estimate of drug-likeness (QED) is 0.345. The zero-order chi connectivity index (χ0) is 20.6. The van der Waals surface area contributed by atoms with Crippen molar-refractivity contribution in [3.8, 4) is 5.75 Å². The molecular formula is C18H14N2O7S. The molecule has 10 heteroatoms. The third kappa shape index (κ3) is 3.63. The summed E-state index contributed by atoms with van der Waals surface area (Å²) in [5.41, 5.74) is 0.486. The van der Waals surface area contributed by atoms with Crippen LogP contribution < -0.4 is 5.32 Å². The third-order valence-electron chi connectivity index (χ3n) is 4.08. The van der Waals surface area contributed by atoms with E-state index in [9.17, 15) is 28.4 Å². The first-order valence-electron chi connectivity index (χ1n) is 7.87. The van der Waals surface area contributed by atoms with Gasteiger partial charge in [-0.3, -0.25) is 19.5 Å². The van der Waals surface area contributed by atoms with Crippen molar-refractivity contribution in [1.82, 2.24) is 0 Å². The lowest BCUT2D eigenvalue weighted by molar-refractivity contribution is -0.385. The number of nitrogens with one attached hydrogen (secondary N) is 1. The number of phenolic OH excluding ortho intramolecular Hbond substituents is 1. The summed E-state index contributed by atoms with van der Waals surface area (Å²) in [6.07, 6.45) is 0. The number of anilines is 1. The van der Waals surface area contributed by atoms with E-state index in [0.29, 0.717) is 10.9 Å². The molecule has 0 aliphatic heterocycles. The van der Waals surface area contributed by atoms with E-state index in [-0.39, 0.29) is 22.3 Å². The maximum absolute atomic E-state index is 12.5. The Kier molecular flexibility index (Phi) is 4.75. The number of phenols is 1. The lowest BCUT2D eigenvalue weighted by atomic mass is 10.1. The fraction of sp³-hybridized carbons (Fsp3) is 0.0556. The molecule has 0 aromatic heterocycles. The van der Waals surface area contributed by atoms with Gasteiger partial charge in [0, 0.05) is 17.1 Å². The summed E-state index contributed by atoms with van der Waals surface area (Å²) in [6.45, 7) is 1.67. The van der Waals surface area contributed by atoms with Crippen LogP contribution >= 0.6 is 0 Å². The number of nitrogens with zero attached hydrogens (tertiary/aromatic N) is 1. The highest BCUT2D eigenvalue weighted by Gasteiger charge is 2.21. The molecule has 0 heterocycles. The second kappa shape index (κ2) is 6.91. The van der Waals surface area contributed by atoms with Crippen molar-refractivity contribution in [2.75, 3.05) is 5.32 Å². The Labute approximate surface area is 159 Å². The van der Waals surface area contributed by atoms with Gasteiger partial charge in [0.25, 0.3) is 21.7 Å². The Morgan fingerprint density at radius 2 is 1.82 bits per heavy atom. The zero-order valence-electron chi connectivity index (χ0n) is 14.4. The summed E-state index contributed by atoms with van der Waals surface area (Å²) >= 11 is 0. The van der Waals surface area contributed by atoms with Gasteiger partial charge in [-0.25, -0.2) is 0 Å². The van der Waals surface area contributed by atoms with Crippen LogP contribution in [0, 0.1) is 17.0 Å². The minimum Gasteiger partial charge on any atom is -0.506 e. The summed E-state index contributed by atoms with van der Waals surface area (Å²) in [4.78, 5) is 22.4. The Hall–Kier alpha value is -3.50. The van der Waals surface area contributed by atoms with Crippen LogP contribution in [-0.4, -0.2) is 28.9 Å². The first-order chi connectivity index (χ1) is 13.1. The van der Waals surface area contributed by atoms with Crippen molar-refractivity contribution in [3.05, 3.63) is 69.8 Å². The fourth-order valence-electron chi connectivity index (χ4n) is 2.76. The number of nitro groups is 1. The number of hydrogen-bond donors (Lipinski definition) is 3. The Bertz CT molecular complexity index is 1240. The van der Waals surface area contributed by atoms with Gasteiger partial charge in [-0.15, -0.1) is 0 Å². The van der Waals surface area contributed by atoms with E-state index in [1.807, 2.05) is 0 Å². The second-order valence-corrected chi connectivity index (χ2v) is 7.45. The van der Waals surface area contributed by atoms with Crippen LogP contribution in [-0.2, 0) is 10.1 Å². The molecule has 3 N–H and O–H groups in total. The van der Waals surface area contributed by atoms with Gasteiger partial charge in [0.2, 0.25) is 0 Å². The van der Waals surface area contributed by atoms with Crippen molar-refractivity contribution in [2.45, 2.75) is 11.8 Å². The monoisotopic (exact) mass is 402 g/mol. The van der Waals surface area contributed by atoms with E-state index in [2.05, 4.69) is 5.32 Å². The Morgan fingerprint density at radius 3 is 2.46 bits per heavy atom. The number of rotatable bonds is 4. The van der Waals surface area contributed by atoms with E-state index in [1.165, 1.54) is 36.4 Å². The smallest absolute Gasteiger partial charge is 0.298 e.